The molecule has 0 aliphatic carbocycles. The monoisotopic (exact) mass is 286 g/mol. The van der Waals surface area contributed by atoms with Gasteiger partial charge in [0, 0.05) is 16.2 Å². The molecule has 0 saturated heterocycles. The molecule has 0 unspecified atom stereocenters. The van der Waals surface area contributed by atoms with Gasteiger partial charge in [-0.15, -0.1) is 0 Å². The Morgan fingerprint density at radius 3 is 2.59 bits per heavy atom. The van der Waals surface area contributed by atoms with E-state index in [4.69, 9.17) is 5.73 Å². The normalized spacial score (nSPS) is 9.53. The zero-order valence-electron chi connectivity index (χ0n) is 9.37. The second-order valence-electron chi connectivity index (χ2n) is 3.70. The Balaban J connectivity index is 2.32. The smallest absolute Gasteiger partial charge is 0.139 e. The molecule has 3 heteroatoms. The van der Waals surface area contributed by atoms with Crippen molar-refractivity contribution in [2.45, 2.75) is 6.92 Å². The molecule has 0 atom stereocenters. The first-order chi connectivity index (χ1) is 8.15. The van der Waals surface area contributed by atoms with Gasteiger partial charge in [-0.1, -0.05) is 29.5 Å². The number of nitrogens with two attached hydrogens (primary N) is 1. The predicted octanol–water partition coefficient (Wildman–Crippen LogP) is 3.13. The molecule has 2 nitrogen and oxygen atoms in total. The molecular formula is C14H11BrN2. The number of aryl methyl sites for hydroxylation is 1. The van der Waals surface area contributed by atoms with E-state index in [0.717, 1.165) is 15.6 Å². The number of pyridine rings is 1. The molecule has 84 valence electrons. The molecule has 1 aromatic carbocycles. The van der Waals surface area contributed by atoms with Gasteiger partial charge in [-0.05, 0) is 41.1 Å². The fourth-order valence-electron chi connectivity index (χ4n) is 1.33. The molecule has 0 saturated carbocycles. The van der Waals surface area contributed by atoms with Gasteiger partial charge in [-0.2, -0.15) is 0 Å². The van der Waals surface area contributed by atoms with E-state index in [2.05, 4.69) is 32.8 Å². The van der Waals surface area contributed by atoms with E-state index in [-0.39, 0.29) is 0 Å². The van der Waals surface area contributed by atoms with Crippen LogP contribution in [0, 0.1) is 18.8 Å². The minimum absolute atomic E-state index is 0.452. The maximum absolute atomic E-state index is 5.74. The SMILES string of the molecule is Cc1ccc(C#Cc2cc(Br)cnc2N)cc1. The van der Waals surface area contributed by atoms with Crippen molar-refractivity contribution in [2.24, 2.45) is 0 Å². The van der Waals surface area contributed by atoms with Crippen LogP contribution in [0.25, 0.3) is 0 Å². The average Bonchev–Trinajstić information content (AvgIpc) is 2.32. The van der Waals surface area contributed by atoms with Crippen LogP contribution in [0.15, 0.2) is 41.0 Å². The molecule has 0 amide bonds. The van der Waals surface area contributed by atoms with Crippen molar-refractivity contribution in [1.29, 1.82) is 0 Å². The summed E-state index contributed by atoms with van der Waals surface area (Å²) < 4.78 is 0.875. The number of nitrogen functional groups attached to an aromatic ring is 1. The Bertz CT molecular complexity index is 592. The van der Waals surface area contributed by atoms with Gasteiger partial charge in [0.25, 0.3) is 0 Å². The summed E-state index contributed by atoms with van der Waals surface area (Å²) in [4.78, 5) is 4.03. The zero-order chi connectivity index (χ0) is 12.3. The molecule has 0 radical (unpaired) electrons. The number of rotatable bonds is 0. The highest BCUT2D eigenvalue weighted by atomic mass is 79.9. The molecule has 2 N–H and O–H groups in total. The van der Waals surface area contributed by atoms with Crippen molar-refractivity contribution < 1.29 is 0 Å². The highest BCUT2D eigenvalue weighted by Crippen LogP contribution is 2.14. The summed E-state index contributed by atoms with van der Waals surface area (Å²) in [6.45, 7) is 2.05. The number of nitrogens with zero attached hydrogens (tertiary/aromatic N) is 1. The minimum atomic E-state index is 0.452. The van der Waals surface area contributed by atoms with Gasteiger partial charge in [-0.25, -0.2) is 4.98 Å². The first kappa shape index (κ1) is 11.7. The molecule has 2 aromatic rings. The zero-order valence-corrected chi connectivity index (χ0v) is 11.0. The van der Waals surface area contributed by atoms with Crippen LogP contribution in [0.5, 0.6) is 0 Å². The van der Waals surface area contributed by atoms with Gasteiger partial charge in [0.05, 0.1) is 5.56 Å². The van der Waals surface area contributed by atoms with Crippen LogP contribution < -0.4 is 5.73 Å². The largest absolute Gasteiger partial charge is 0.383 e. The molecule has 0 spiro atoms. The van der Waals surface area contributed by atoms with Crippen LogP contribution in [0.4, 0.5) is 5.82 Å². The lowest BCUT2D eigenvalue weighted by Gasteiger charge is -1.97. The molecule has 0 fully saturated rings. The van der Waals surface area contributed by atoms with Crippen LogP contribution >= 0.6 is 15.9 Å². The number of aromatic nitrogens is 1. The number of hydrogen-bond acceptors (Lipinski definition) is 2. The Morgan fingerprint density at radius 2 is 1.88 bits per heavy atom. The van der Waals surface area contributed by atoms with Crippen molar-refractivity contribution in [3.63, 3.8) is 0 Å². The Hall–Kier alpha value is -1.79. The molecule has 2 rings (SSSR count). The summed E-state index contributed by atoms with van der Waals surface area (Å²) in [5.74, 6) is 6.54. The van der Waals surface area contributed by atoms with Crippen LogP contribution in [0.1, 0.15) is 16.7 Å². The highest BCUT2D eigenvalue weighted by molar-refractivity contribution is 9.10. The lowest BCUT2D eigenvalue weighted by Crippen LogP contribution is -1.93. The summed E-state index contributed by atoms with van der Waals surface area (Å²) in [7, 11) is 0. The summed E-state index contributed by atoms with van der Waals surface area (Å²) in [5, 5.41) is 0. The topological polar surface area (TPSA) is 38.9 Å². The van der Waals surface area contributed by atoms with E-state index in [1.165, 1.54) is 5.56 Å². The maximum Gasteiger partial charge on any atom is 0.139 e. The van der Waals surface area contributed by atoms with E-state index >= 15 is 0 Å². The van der Waals surface area contributed by atoms with Gasteiger partial charge in [0.1, 0.15) is 5.82 Å². The van der Waals surface area contributed by atoms with E-state index in [1.54, 1.807) is 6.20 Å². The molecule has 0 aliphatic heterocycles. The van der Waals surface area contributed by atoms with Crippen LogP contribution in [-0.2, 0) is 0 Å². The molecule has 0 aliphatic rings. The van der Waals surface area contributed by atoms with Crippen LogP contribution in [0.2, 0.25) is 0 Å². The van der Waals surface area contributed by atoms with E-state index in [0.29, 0.717) is 5.82 Å². The molecule has 17 heavy (non-hydrogen) atoms. The standard InChI is InChI=1S/C14H11BrN2/c1-10-2-4-11(5-3-10)6-7-12-8-13(15)9-17-14(12)16/h2-5,8-9H,1H3,(H2,16,17). The van der Waals surface area contributed by atoms with Crippen molar-refractivity contribution in [2.75, 3.05) is 5.73 Å². The predicted molar refractivity (Wildman–Crippen MR) is 73.5 cm³/mol. The number of benzene rings is 1. The van der Waals surface area contributed by atoms with E-state index in [9.17, 15) is 0 Å². The lowest BCUT2D eigenvalue weighted by atomic mass is 10.1. The average molecular weight is 287 g/mol. The lowest BCUT2D eigenvalue weighted by molar-refractivity contribution is 1.30. The maximum atomic E-state index is 5.74. The highest BCUT2D eigenvalue weighted by Gasteiger charge is 1.97. The van der Waals surface area contributed by atoms with Gasteiger partial charge in [0.2, 0.25) is 0 Å². The minimum Gasteiger partial charge on any atom is -0.383 e. The summed E-state index contributed by atoms with van der Waals surface area (Å²) in [5.41, 5.74) is 8.67. The van der Waals surface area contributed by atoms with Gasteiger partial charge >= 0.3 is 0 Å². The first-order valence-electron chi connectivity index (χ1n) is 5.15. The van der Waals surface area contributed by atoms with Crippen molar-refractivity contribution in [1.82, 2.24) is 4.98 Å². The van der Waals surface area contributed by atoms with Crippen molar-refractivity contribution in [3.05, 3.63) is 57.7 Å². The third-order valence-electron chi connectivity index (χ3n) is 2.28. The molecular weight excluding hydrogens is 276 g/mol. The Labute approximate surface area is 109 Å². The fourth-order valence-corrected chi connectivity index (χ4v) is 1.66. The van der Waals surface area contributed by atoms with E-state index in [1.807, 2.05) is 37.3 Å². The van der Waals surface area contributed by atoms with Crippen molar-refractivity contribution >= 4 is 21.7 Å². The first-order valence-corrected chi connectivity index (χ1v) is 5.94. The summed E-state index contributed by atoms with van der Waals surface area (Å²) in [6, 6.07) is 9.91. The van der Waals surface area contributed by atoms with Crippen molar-refractivity contribution in [3.8, 4) is 11.8 Å². The number of halogens is 1. The summed E-state index contributed by atoms with van der Waals surface area (Å²) in [6.07, 6.45) is 1.66. The van der Waals surface area contributed by atoms with Crippen LogP contribution in [-0.4, -0.2) is 4.98 Å². The summed E-state index contributed by atoms with van der Waals surface area (Å²) >= 11 is 3.35. The number of anilines is 1. The van der Waals surface area contributed by atoms with Gasteiger partial charge in [0.15, 0.2) is 0 Å². The second-order valence-corrected chi connectivity index (χ2v) is 4.62. The quantitative estimate of drug-likeness (QED) is 0.756. The van der Waals surface area contributed by atoms with Gasteiger partial charge < -0.3 is 5.73 Å². The Morgan fingerprint density at radius 1 is 1.18 bits per heavy atom. The molecule has 0 bridgehead atoms. The second kappa shape index (κ2) is 5.03. The third-order valence-corrected chi connectivity index (χ3v) is 2.71. The van der Waals surface area contributed by atoms with E-state index < -0.39 is 0 Å². The molecule has 1 aromatic heterocycles. The fraction of sp³-hybridized carbons (Fsp3) is 0.0714. The Kier molecular flexibility index (Phi) is 3.46. The third kappa shape index (κ3) is 3.08. The van der Waals surface area contributed by atoms with Crippen LogP contribution in [0.3, 0.4) is 0 Å². The van der Waals surface area contributed by atoms with Gasteiger partial charge in [-0.3, -0.25) is 0 Å². The molecule has 1 heterocycles. The number of hydrogen-bond donors (Lipinski definition) is 1.